The number of carbonyl (C=O) groups excluding carboxylic acids is 2. The summed E-state index contributed by atoms with van der Waals surface area (Å²) in [4.78, 5) is 22.5. The zero-order chi connectivity index (χ0) is 12.7. The maximum atomic E-state index is 11.3. The number of ether oxygens (including phenoxy) is 2. The molecular formula is C12H14O5. The molecule has 0 saturated carbocycles. The minimum atomic E-state index is -0.557. The third kappa shape index (κ3) is 4.55. The van der Waals surface area contributed by atoms with Crippen molar-refractivity contribution in [3.63, 3.8) is 0 Å². The third-order valence-corrected chi connectivity index (χ3v) is 1.87. The van der Waals surface area contributed by atoms with E-state index in [0.717, 1.165) is 0 Å². The molecule has 0 aliphatic rings. The van der Waals surface area contributed by atoms with Crippen molar-refractivity contribution in [1.82, 2.24) is 0 Å². The lowest BCUT2D eigenvalue weighted by molar-refractivity contribution is -0.144. The topological polar surface area (TPSA) is 65.7 Å². The van der Waals surface area contributed by atoms with Gasteiger partial charge in [0.15, 0.2) is 0 Å². The number of rotatable bonds is 6. The van der Waals surface area contributed by atoms with Gasteiger partial charge in [0.05, 0.1) is 18.4 Å². The summed E-state index contributed by atoms with van der Waals surface area (Å²) in [7, 11) is 0. The molecule has 0 bridgehead atoms. The average molecular weight is 238 g/mol. The molecule has 5 nitrogen and oxygen atoms in total. The first kappa shape index (κ1) is 13.0. The minimum Gasteiger partial charge on any atom is -0.469 e. The molecule has 0 fully saturated rings. The Morgan fingerprint density at radius 3 is 2.76 bits per heavy atom. The van der Waals surface area contributed by atoms with Crippen molar-refractivity contribution < 1.29 is 23.5 Å². The van der Waals surface area contributed by atoms with E-state index < -0.39 is 11.9 Å². The summed E-state index contributed by atoms with van der Waals surface area (Å²) in [6.45, 7) is 5.25. The van der Waals surface area contributed by atoms with Gasteiger partial charge in [-0.25, -0.2) is 4.79 Å². The van der Waals surface area contributed by atoms with Gasteiger partial charge in [-0.3, -0.25) is 4.79 Å². The molecule has 0 saturated heterocycles. The number of hydrogen-bond donors (Lipinski definition) is 0. The van der Waals surface area contributed by atoms with Gasteiger partial charge in [-0.05, 0) is 19.1 Å². The van der Waals surface area contributed by atoms with Crippen molar-refractivity contribution in [2.75, 3.05) is 13.2 Å². The normalized spacial score (nSPS) is 9.71. The Morgan fingerprint density at radius 1 is 1.41 bits per heavy atom. The Bertz CT molecular complexity index is 391. The van der Waals surface area contributed by atoms with Crippen LogP contribution >= 0.6 is 0 Å². The van der Waals surface area contributed by atoms with Crippen LogP contribution < -0.4 is 0 Å². The van der Waals surface area contributed by atoms with Crippen molar-refractivity contribution in [2.45, 2.75) is 13.3 Å². The van der Waals surface area contributed by atoms with Crippen LogP contribution in [-0.2, 0) is 25.5 Å². The lowest BCUT2D eigenvalue weighted by Gasteiger charge is -2.06. The maximum absolute atomic E-state index is 11.3. The largest absolute Gasteiger partial charge is 0.469 e. The first-order valence-corrected chi connectivity index (χ1v) is 5.16. The summed E-state index contributed by atoms with van der Waals surface area (Å²) >= 11 is 0. The van der Waals surface area contributed by atoms with Crippen LogP contribution in [0, 0.1) is 0 Å². The van der Waals surface area contributed by atoms with E-state index in [1.807, 2.05) is 0 Å². The van der Waals surface area contributed by atoms with Gasteiger partial charge in [-0.2, -0.15) is 0 Å². The fourth-order valence-corrected chi connectivity index (χ4v) is 1.07. The molecule has 92 valence electrons. The monoisotopic (exact) mass is 238 g/mol. The van der Waals surface area contributed by atoms with Crippen molar-refractivity contribution in [1.29, 1.82) is 0 Å². The van der Waals surface area contributed by atoms with Gasteiger partial charge in [0.2, 0.25) is 0 Å². The molecule has 0 unspecified atom stereocenters. The van der Waals surface area contributed by atoms with Gasteiger partial charge in [0, 0.05) is 0 Å². The first-order valence-electron chi connectivity index (χ1n) is 5.16. The molecule has 0 aromatic carbocycles. The predicted molar refractivity (Wildman–Crippen MR) is 59.1 cm³/mol. The molecule has 0 amide bonds. The number of furan rings is 1. The highest BCUT2D eigenvalue weighted by atomic mass is 16.5. The molecule has 0 atom stereocenters. The van der Waals surface area contributed by atoms with E-state index in [4.69, 9.17) is 13.9 Å². The van der Waals surface area contributed by atoms with Gasteiger partial charge >= 0.3 is 11.9 Å². The van der Waals surface area contributed by atoms with Crippen molar-refractivity contribution in [3.05, 3.63) is 36.3 Å². The van der Waals surface area contributed by atoms with Crippen LogP contribution in [0.1, 0.15) is 12.7 Å². The Labute approximate surface area is 99.0 Å². The first-order chi connectivity index (χ1) is 8.13. The predicted octanol–water partition coefficient (Wildman–Crippen LogP) is 1.48. The van der Waals surface area contributed by atoms with Gasteiger partial charge in [-0.1, -0.05) is 6.58 Å². The van der Waals surface area contributed by atoms with Crippen LogP contribution in [0.15, 0.2) is 35.0 Å². The average Bonchev–Trinajstić information content (AvgIpc) is 2.79. The van der Waals surface area contributed by atoms with Crippen LogP contribution in [0.5, 0.6) is 0 Å². The second-order valence-electron chi connectivity index (χ2n) is 3.24. The van der Waals surface area contributed by atoms with Crippen LogP contribution in [0.25, 0.3) is 0 Å². The van der Waals surface area contributed by atoms with Gasteiger partial charge in [0.25, 0.3) is 0 Å². The molecular weight excluding hydrogens is 224 g/mol. The zero-order valence-corrected chi connectivity index (χ0v) is 9.60. The highest BCUT2D eigenvalue weighted by molar-refractivity contribution is 5.88. The van der Waals surface area contributed by atoms with Crippen LogP contribution in [-0.4, -0.2) is 25.2 Å². The summed E-state index contributed by atoms with van der Waals surface area (Å²) in [5, 5.41) is 0. The lowest BCUT2D eigenvalue weighted by atomic mass is 10.3. The minimum absolute atomic E-state index is 0.0309. The fraction of sp³-hybridized carbons (Fsp3) is 0.333. The highest BCUT2D eigenvalue weighted by Crippen LogP contribution is 2.03. The van der Waals surface area contributed by atoms with Gasteiger partial charge < -0.3 is 13.9 Å². The van der Waals surface area contributed by atoms with E-state index in [2.05, 4.69) is 6.58 Å². The van der Waals surface area contributed by atoms with Gasteiger partial charge in [0.1, 0.15) is 18.8 Å². The van der Waals surface area contributed by atoms with Crippen molar-refractivity contribution in [2.24, 2.45) is 0 Å². The maximum Gasteiger partial charge on any atom is 0.336 e. The van der Waals surface area contributed by atoms with Crippen molar-refractivity contribution in [3.8, 4) is 0 Å². The Kier molecular flexibility index (Phi) is 5.00. The smallest absolute Gasteiger partial charge is 0.336 e. The molecule has 1 aromatic rings. The van der Waals surface area contributed by atoms with E-state index in [-0.39, 0.29) is 25.2 Å². The second kappa shape index (κ2) is 6.52. The molecule has 0 radical (unpaired) electrons. The summed E-state index contributed by atoms with van der Waals surface area (Å²) in [5.41, 5.74) is 0.111. The second-order valence-corrected chi connectivity index (χ2v) is 3.24. The van der Waals surface area contributed by atoms with Crippen LogP contribution in [0.2, 0.25) is 0 Å². The summed E-state index contributed by atoms with van der Waals surface area (Å²) in [5.74, 6) is -0.527. The molecule has 1 heterocycles. The lowest BCUT2D eigenvalue weighted by Crippen LogP contribution is -2.15. The molecule has 17 heavy (non-hydrogen) atoms. The molecule has 0 spiro atoms. The molecule has 0 aliphatic heterocycles. The van der Waals surface area contributed by atoms with E-state index in [0.29, 0.717) is 5.76 Å². The van der Waals surface area contributed by atoms with E-state index in [1.54, 1.807) is 19.1 Å². The summed E-state index contributed by atoms with van der Waals surface area (Å²) in [6, 6.07) is 3.35. The molecule has 1 rings (SSSR count). The van der Waals surface area contributed by atoms with Crippen molar-refractivity contribution >= 4 is 11.9 Å². The highest BCUT2D eigenvalue weighted by Gasteiger charge is 2.12. The zero-order valence-electron chi connectivity index (χ0n) is 9.60. The van der Waals surface area contributed by atoms with E-state index in [9.17, 15) is 9.59 Å². The number of hydrogen-bond acceptors (Lipinski definition) is 5. The summed E-state index contributed by atoms with van der Waals surface area (Å²) in [6.07, 6.45) is 1.50. The quantitative estimate of drug-likeness (QED) is 0.554. The number of carbonyl (C=O) groups is 2. The third-order valence-electron chi connectivity index (χ3n) is 1.87. The number of esters is 2. The molecule has 5 heteroatoms. The molecule has 1 aromatic heterocycles. The Morgan fingerprint density at radius 2 is 2.18 bits per heavy atom. The van der Waals surface area contributed by atoms with E-state index in [1.165, 1.54) is 6.26 Å². The summed E-state index contributed by atoms with van der Waals surface area (Å²) < 4.78 is 14.5. The molecule has 0 N–H and O–H groups in total. The molecule has 0 aliphatic carbocycles. The van der Waals surface area contributed by atoms with E-state index >= 15 is 0 Å². The van der Waals surface area contributed by atoms with Gasteiger partial charge in [-0.15, -0.1) is 0 Å². The Hall–Kier alpha value is -2.04. The van der Waals surface area contributed by atoms with Crippen LogP contribution in [0.3, 0.4) is 0 Å². The Balaban J connectivity index is 2.28. The SMILES string of the molecule is C=C(COC(=O)Cc1ccco1)C(=O)OCC. The standard InChI is InChI=1S/C12H14O5/c1-3-15-12(14)9(2)8-17-11(13)7-10-5-4-6-16-10/h4-6H,2-3,7-8H2,1H3. The fourth-order valence-electron chi connectivity index (χ4n) is 1.07. The van der Waals surface area contributed by atoms with Crippen LogP contribution in [0.4, 0.5) is 0 Å².